The number of piperazine rings is 1. The Bertz CT molecular complexity index is 558. The van der Waals surface area contributed by atoms with Crippen LogP contribution in [-0.4, -0.2) is 61.8 Å². The Morgan fingerprint density at radius 3 is 2.46 bits per heavy atom. The predicted molar refractivity (Wildman–Crippen MR) is 84.9 cm³/mol. The van der Waals surface area contributed by atoms with Gasteiger partial charge in [-0.05, 0) is 19.1 Å². The quantitative estimate of drug-likeness (QED) is 0.913. The minimum atomic E-state index is -4.50. The number of carbonyl (C=O) groups excluding carboxylic acids is 1. The normalized spacial score (nSPS) is 17.6. The van der Waals surface area contributed by atoms with Gasteiger partial charge in [-0.3, -0.25) is 4.90 Å². The fourth-order valence-electron chi connectivity index (χ4n) is 2.75. The number of halogens is 3. The number of nitrogens with zero attached hydrogens (tertiary/aromatic N) is 2. The van der Waals surface area contributed by atoms with Crippen LogP contribution in [0.25, 0.3) is 0 Å². The molecule has 1 saturated heterocycles. The van der Waals surface area contributed by atoms with E-state index in [2.05, 4.69) is 10.2 Å². The Morgan fingerprint density at radius 2 is 1.88 bits per heavy atom. The van der Waals surface area contributed by atoms with Gasteiger partial charge in [0.2, 0.25) is 0 Å². The highest BCUT2D eigenvalue weighted by molar-refractivity contribution is 5.90. The van der Waals surface area contributed by atoms with Crippen LogP contribution in [0.2, 0.25) is 0 Å². The summed E-state index contributed by atoms with van der Waals surface area (Å²) in [6, 6.07) is 4.72. The molecule has 0 radical (unpaired) electrons. The Labute approximate surface area is 139 Å². The Morgan fingerprint density at radius 1 is 1.25 bits per heavy atom. The van der Waals surface area contributed by atoms with Gasteiger partial charge in [0.05, 0.1) is 17.9 Å². The molecule has 0 spiro atoms. The second-order valence-electron chi connectivity index (χ2n) is 5.80. The molecule has 1 heterocycles. The van der Waals surface area contributed by atoms with E-state index in [1.54, 1.807) is 7.11 Å². The molecule has 1 unspecified atom stereocenters. The van der Waals surface area contributed by atoms with Crippen molar-refractivity contribution in [3.05, 3.63) is 29.8 Å². The van der Waals surface area contributed by atoms with E-state index in [9.17, 15) is 18.0 Å². The fourth-order valence-corrected chi connectivity index (χ4v) is 2.75. The molecule has 0 bridgehead atoms. The summed E-state index contributed by atoms with van der Waals surface area (Å²) in [7, 11) is 1.64. The summed E-state index contributed by atoms with van der Waals surface area (Å²) in [4.78, 5) is 16.0. The van der Waals surface area contributed by atoms with Crippen molar-refractivity contribution in [3.8, 4) is 0 Å². The lowest BCUT2D eigenvalue weighted by Gasteiger charge is -2.37. The molecule has 24 heavy (non-hydrogen) atoms. The summed E-state index contributed by atoms with van der Waals surface area (Å²) in [6.45, 7) is 4.91. The van der Waals surface area contributed by atoms with Crippen molar-refractivity contribution in [1.29, 1.82) is 0 Å². The van der Waals surface area contributed by atoms with Crippen LogP contribution in [0.15, 0.2) is 24.3 Å². The number of carbonyl (C=O) groups is 1. The van der Waals surface area contributed by atoms with Crippen molar-refractivity contribution in [2.75, 3.05) is 45.2 Å². The van der Waals surface area contributed by atoms with Crippen LogP contribution in [0.5, 0.6) is 0 Å². The Hall–Kier alpha value is -1.80. The molecule has 5 nitrogen and oxygen atoms in total. The summed E-state index contributed by atoms with van der Waals surface area (Å²) < 4.78 is 44.0. The van der Waals surface area contributed by atoms with Gasteiger partial charge in [-0.2, -0.15) is 13.2 Å². The maximum Gasteiger partial charge on any atom is 0.418 e. The van der Waals surface area contributed by atoms with E-state index in [-0.39, 0.29) is 11.7 Å². The van der Waals surface area contributed by atoms with Gasteiger partial charge in [0.1, 0.15) is 0 Å². The minimum Gasteiger partial charge on any atom is -0.383 e. The highest BCUT2D eigenvalue weighted by Gasteiger charge is 2.34. The summed E-state index contributed by atoms with van der Waals surface area (Å²) in [5, 5.41) is 2.38. The molecule has 0 aromatic heterocycles. The molecule has 0 saturated carbocycles. The van der Waals surface area contributed by atoms with Crippen LogP contribution < -0.4 is 5.32 Å². The second kappa shape index (κ2) is 7.85. The molecule has 1 aromatic carbocycles. The van der Waals surface area contributed by atoms with Crippen molar-refractivity contribution in [2.24, 2.45) is 0 Å². The molecule has 1 atom stereocenters. The van der Waals surface area contributed by atoms with Crippen molar-refractivity contribution in [2.45, 2.75) is 19.1 Å². The predicted octanol–water partition coefficient (Wildman–Crippen LogP) is 2.89. The average molecular weight is 345 g/mol. The summed E-state index contributed by atoms with van der Waals surface area (Å²) in [6.07, 6.45) is -4.50. The number of urea groups is 1. The molecule has 8 heteroatoms. The smallest absolute Gasteiger partial charge is 0.383 e. The van der Waals surface area contributed by atoms with Crippen molar-refractivity contribution >= 4 is 11.7 Å². The molecule has 1 aliphatic rings. The zero-order valence-electron chi connectivity index (χ0n) is 13.8. The van der Waals surface area contributed by atoms with Gasteiger partial charge in [0.25, 0.3) is 0 Å². The first kappa shape index (κ1) is 18.5. The first-order valence-electron chi connectivity index (χ1n) is 7.78. The number of ether oxygens (including phenoxy) is 1. The maximum absolute atomic E-state index is 13.0. The van der Waals surface area contributed by atoms with E-state index in [4.69, 9.17) is 4.74 Å². The molecule has 1 aliphatic heterocycles. The topological polar surface area (TPSA) is 44.8 Å². The van der Waals surface area contributed by atoms with Crippen LogP contribution in [0, 0.1) is 0 Å². The molecule has 1 fully saturated rings. The number of nitrogens with one attached hydrogen (secondary N) is 1. The summed E-state index contributed by atoms with van der Waals surface area (Å²) >= 11 is 0. The van der Waals surface area contributed by atoms with Crippen LogP contribution in [0.3, 0.4) is 0 Å². The molecule has 2 rings (SSSR count). The van der Waals surface area contributed by atoms with Crippen LogP contribution >= 0.6 is 0 Å². The van der Waals surface area contributed by atoms with Crippen molar-refractivity contribution in [3.63, 3.8) is 0 Å². The first-order chi connectivity index (χ1) is 11.3. The number of hydrogen-bond acceptors (Lipinski definition) is 3. The van der Waals surface area contributed by atoms with Crippen LogP contribution in [0.4, 0.5) is 23.7 Å². The Kier molecular flexibility index (Phi) is 6.06. The highest BCUT2D eigenvalue weighted by Crippen LogP contribution is 2.34. The van der Waals surface area contributed by atoms with Gasteiger partial charge in [0, 0.05) is 39.3 Å². The summed E-state index contributed by atoms with van der Waals surface area (Å²) in [5.74, 6) is 0. The Balaban J connectivity index is 1.95. The van der Waals surface area contributed by atoms with Gasteiger partial charge >= 0.3 is 12.2 Å². The number of benzene rings is 1. The van der Waals surface area contributed by atoms with Crippen LogP contribution in [-0.2, 0) is 10.9 Å². The minimum absolute atomic E-state index is 0.217. The van der Waals surface area contributed by atoms with Crippen molar-refractivity contribution < 1.29 is 22.7 Å². The number of alkyl halides is 3. The van der Waals surface area contributed by atoms with E-state index in [0.29, 0.717) is 32.8 Å². The van der Waals surface area contributed by atoms with E-state index in [1.807, 2.05) is 6.92 Å². The molecule has 134 valence electrons. The third kappa shape index (κ3) is 4.61. The zero-order valence-corrected chi connectivity index (χ0v) is 13.8. The number of amides is 2. The van der Waals surface area contributed by atoms with E-state index in [1.165, 1.54) is 23.1 Å². The lowest BCUT2D eigenvalue weighted by molar-refractivity contribution is -0.136. The first-order valence-corrected chi connectivity index (χ1v) is 7.78. The van der Waals surface area contributed by atoms with Gasteiger partial charge in [-0.1, -0.05) is 12.1 Å². The standard InChI is InChI=1S/C16H22F3N3O2/c1-12(11-24-2)21-7-9-22(10-8-21)15(23)20-14-6-4-3-5-13(14)16(17,18)19/h3-6,12H,7-11H2,1-2H3,(H,20,23). The zero-order chi connectivity index (χ0) is 17.7. The molecule has 1 N–H and O–H groups in total. The molecular weight excluding hydrogens is 323 g/mol. The molecular formula is C16H22F3N3O2. The maximum atomic E-state index is 13.0. The number of rotatable bonds is 4. The number of hydrogen-bond donors (Lipinski definition) is 1. The number of methoxy groups -OCH3 is 1. The van der Waals surface area contributed by atoms with Gasteiger partial charge < -0.3 is 15.0 Å². The second-order valence-corrected chi connectivity index (χ2v) is 5.80. The fraction of sp³-hybridized carbons (Fsp3) is 0.562. The van der Waals surface area contributed by atoms with Crippen molar-refractivity contribution in [1.82, 2.24) is 9.80 Å². The SMILES string of the molecule is COCC(C)N1CCN(C(=O)Nc2ccccc2C(F)(F)F)CC1. The number of para-hydroxylation sites is 1. The van der Waals surface area contributed by atoms with Crippen LogP contribution in [0.1, 0.15) is 12.5 Å². The van der Waals surface area contributed by atoms with Gasteiger partial charge in [0.15, 0.2) is 0 Å². The van der Waals surface area contributed by atoms with E-state index >= 15 is 0 Å². The van der Waals surface area contributed by atoms with E-state index < -0.39 is 17.8 Å². The molecule has 0 aliphatic carbocycles. The largest absolute Gasteiger partial charge is 0.418 e. The monoisotopic (exact) mass is 345 g/mol. The highest BCUT2D eigenvalue weighted by atomic mass is 19.4. The summed E-state index contributed by atoms with van der Waals surface area (Å²) in [5.41, 5.74) is -1.06. The molecule has 1 aromatic rings. The molecule has 2 amide bonds. The number of anilines is 1. The van der Waals surface area contributed by atoms with Gasteiger partial charge in [-0.15, -0.1) is 0 Å². The third-order valence-electron chi connectivity index (χ3n) is 4.11. The lowest BCUT2D eigenvalue weighted by Crippen LogP contribution is -2.53. The van der Waals surface area contributed by atoms with Gasteiger partial charge in [-0.25, -0.2) is 4.79 Å². The third-order valence-corrected chi connectivity index (χ3v) is 4.11. The average Bonchev–Trinajstić information content (AvgIpc) is 2.54. The lowest BCUT2D eigenvalue weighted by atomic mass is 10.1. The van der Waals surface area contributed by atoms with E-state index in [0.717, 1.165) is 6.07 Å².